The van der Waals surface area contributed by atoms with Crippen LogP contribution in [-0.4, -0.2) is 21.3 Å². The number of hydrogen-bond donors (Lipinski definition) is 2. The Kier molecular flexibility index (Phi) is 3.09. The van der Waals surface area contributed by atoms with Crippen LogP contribution >= 0.6 is 0 Å². The molecular formula is C12H11NO4. The average molecular weight is 233 g/mol. The molecular weight excluding hydrogens is 222 g/mol. The van der Waals surface area contributed by atoms with Gasteiger partial charge in [-0.15, -0.1) is 0 Å². The minimum absolute atomic E-state index is 0.0985. The van der Waals surface area contributed by atoms with Crippen LogP contribution in [0.5, 0.6) is 5.75 Å². The highest BCUT2D eigenvalue weighted by atomic mass is 16.5. The summed E-state index contributed by atoms with van der Waals surface area (Å²) in [6, 6.07) is 8.10. The summed E-state index contributed by atoms with van der Waals surface area (Å²) in [6.07, 6.45) is 1.29. The Labute approximate surface area is 97.3 Å². The molecule has 1 unspecified atom stereocenters. The van der Waals surface area contributed by atoms with E-state index in [0.29, 0.717) is 11.3 Å². The Morgan fingerprint density at radius 1 is 1.41 bits per heavy atom. The van der Waals surface area contributed by atoms with E-state index < -0.39 is 11.9 Å². The second kappa shape index (κ2) is 4.69. The van der Waals surface area contributed by atoms with Gasteiger partial charge >= 0.3 is 5.97 Å². The molecule has 0 saturated carbocycles. The predicted molar refractivity (Wildman–Crippen MR) is 58.7 cm³/mol. The number of aliphatic carboxylic acids is 1. The zero-order valence-electron chi connectivity index (χ0n) is 8.91. The van der Waals surface area contributed by atoms with Gasteiger partial charge in [-0.2, -0.15) is 0 Å². The molecule has 0 radical (unpaired) electrons. The summed E-state index contributed by atoms with van der Waals surface area (Å²) in [5, 5.41) is 22.1. The van der Waals surface area contributed by atoms with Crippen molar-refractivity contribution in [2.75, 3.05) is 0 Å². The fraction of sp³-hybridized carbons (Fsp3) is 0.167. The molecule has 0 amide bonds. The predicted octanol–water partition coefficient (Wildman–Crippen LogP) is 1.99. The maximum Gasteiger partial charge on any atom is 0.304 e. The molecule has 0 aliphatic rings. The van der Waals surface area contributed by atoms with Crippen LogP contribution < -0.4 is 0 Å². The van der Waals surface area contributed by atoms with Crippen molar-refractivity contribution in [2.24, 2.45) is 0 Å². The SMILES string of the molecule is O=C(O)CC(c1cccc(O)c1)c1ccon1. The summed E-state index contributed by atoms with van der Waals surface area (Å²) in [6.45, 7) is 0. The molecule has 1 heterocycles. The zero-order chi connectivity index (χ0) is 12.3. The molecule has 2 rings (SSSR count). The summed E-state index contributed by atoms with van der Waals surface area (Å²) in [4.78, 5) is 10.8. The second-order valence-corrected chi connectivity index (χ2v) is 3.67. The minimum atomic E-state index is -0.929. The number of benzene rings is 1. The van der Waals surface area contributed by atoms with Crippen molar-refractivity contribution in [3.8, 4) is 5.75 Å². The maximum atomic E-state index is 10.8. The Morgan fingerprint density at radius 2 is 2.24 bits per heavy atom. The van der Waals surface area contributed by atoms with Crippen LogP contribution in [0.1, 0.15) is 23.6 Å². The van der Waals surface area contributed by atoms with Crippen molar-refractivity contribution in [3.63, 3.8) is 0 Å². The summed E-state index contributed by atoms with van der Waals surface area (Å²) < 4.78 is 4.72. The molecule has 1 atom stereocenters. The van der Waals surface area contributed by atoms with Gasteiger partial charge in [0.2, 0.25) is 0 Å². The van der Waals surface area contributed by atoms with Crippen molar-refractivity contribution in [2.45, 2.75) is 12.3 Å². The van der Waals surface area contributed by atoms with E-state index in [1.54, 1.807) is 18.2 Å². The summed E-state index contributed by atoms with van der Waals surface area (Å²) >= 11 is 0. The van der Waals surface area contributed by atoms with E-state index in [1.165, 1.54) is 18.4 Å². The van der Waals surface area contributed by atoms with E-state index in [1.807, 2.05) is 0 Å². The zero-order valence-corrected chi connectivity index (χ0v) is 8.91. The molecule has 2 N–H and O–H groups in total. The summed E-state index contributed by atoms with van der Waals surface area (Å²) in [5.41, 5.74) is 1.24. The number of hydrogen-bond acceptors (Lipinski definition) is 4. The first kappa shape index (κ1) is 11.2. The molecule has 0 aliphatic carbocycles. The molecule has 5 heteroatoms. The first-order valence-corrected chi connectivity index (χ1v) is 5.08. The molecule has 0 fully saturated rings. The van der Waals surface area contributed by atoms with Gasteiger partial charge in [-0.1, -0.05) is 17.3 Å². The van der Waals surface area contributed by atoms with Gasteiger partial charge in [0.25, 0.3) is 0 Å². The number of aromatic hydroxyl groups is 1. The molecule has 1 aromatic heterocycles. The van der Waals surface area contributed by atoms with Gasteiger partial charge in [-0.3, -0.25) is 4.79 Å². The Bertz CT molecular complexity index is 507. The van der Waals surface area contributed by atoms with Gasteiger partial charge in [-0.25, -0.2) is 0 Å². The van der Waals surface area contributed by atoms with Gasteiger partial charge < -0.3 is 14.7 Å². The number of nitrogens with zero attached hydrogens (tertiary/aromatic N) is 1. The lowest BCUT2D eigenvalue weighted by Crippen LogP contribution is -2.08. The van der Waals surface area contributed by atoms with Crippen LogP contribution in [-0.2, 0) is 4.79 Å². The minimum Gasteiger partial charge on any atom is -0.508 e. The van der Waals surface area contributed by atoms with Crippen LogP contribution in [0.25, 0.3) is 0 Å². The van der Waals surface area contributed by atoms with Crippen LogP contribution in [0.2, 0.25) is 0 Å². The fourth-order valence-corrected chi connectivity index (χ4v) is 1.71. The normalized spacial score (nSPS) is 12.2. The van der Waals surface area contributed by atoms with Crippen molar-refractivity contribution in [3.05, 3.63) is 47.9 Å². The first-order valence-electron chi connectivity index (χ1n) is 5.08. The van der Waals surface area contributed by atoms with Crippen molar-refractivity contribution in [1.29, 1.82) is 0 Å². The van der Waals surface area contributed by atoms with E-state index in [0.717, 1.165) is 0 Å². The van der Waals surface area contributed by atoms with Crippen LogP contribution in [0.4, 0.5) is 0 Å². The molecule has 17 heavy (non-hydrogen) atoms. The number of carboxylic acid groups (broad SMARTS) is 1. The lowest BCUT2D eigenvalue weighted by Gasteiger charge is -2.12. The second-order valence-electron chi connectivity index (χ2n) is 3.67. The monoisotopic (exact) mass is 233 g/mol. The Balaban J connectivity index is 2.36. The Morgan fingerprint density at radius 3 is 2.82 bits per heavy atom. The molecule has 2 aromatic rings. The highest BCUT2D eigenvalue weighted by Crippen LogP contribution is 2.28. The van der Waals surface area contributed by atoms with Crippen LogP contribution in [0.15, 0.2) is 41.1 Å². The smallest absolute Gasteiger partial charge is 0.304 e. The van der Waals surface area contributed by atoms with Crippen molar-refractivity contribution >= 4 is 5.97 Å². The van der Waals surface area contributed by atoms with E-state index in [-0.39, 0.29) is 12.2 Å². The van der Waals surface area contributed by atoms with Gasteiger partial charge in [0, 0.05) is 12.0 Å². The standard InChI is InChI=1S/C12H11NO4/c14-9-3-1-2-8(6-9)10(7-12(15)16)11-4-5-17-13-11/h1-6,10,14H,7H2,(H,15,16). The van der Waals surface area contributed by atoms with E-state index in [4.69, 9.17) is 9.63 Å². The third-order valence-corrected chi connectivity index (χ3v) is 2.47. The number of aromatic nitrogens is 1. The van der Waals surface area contributed by atoms with Crippen LogP contribution in [0, 0.1) is 0 Å². The number of rotatable bonds is 4. The molecule has 1 aromatic carbocycles. The highest BCUT2D eigenvalue weighted by Gasteiger charge is 2.20. The summed E-state index contributed by atoms with van der Waals surface area (Å²) in [7, 11) is 0. The van der Waals surface area contributed by atoms with Gasteiger partial charge in [0.1, 0.15) is 12.0 Å². The lowest BCUT2D eigenvalue weighted by atomic mass is 9.92. The molecule has 0 bridgehead atoms. The lowest BCUT2D eigenvalue weighted by molar-refractivity contribution is -0.137. The topological polar surface area (TPSA) is 83.6 Å². The third-order valence-electron chi connectivity index (χ3n) is 2.47. The van der Waals surface area contributed by atoms with Crippen LogP contribution in [0.3, 0.4) is 0 Å². The van der Waals surface area contributed by atoms with Gasteiger partial charge in [0.05, 0.1) is 12.1 Å². The Hall–Kier alpha value is -2.30. The third kappa shape index (κ3) is 2.63. The number of carboxylic acids is 1. The van der Waals surface area contributed by atoms with Gasteiger partial charge in [0.15, 0.2) is 0 Å². The van der Waals surface area contributed by atoms with Crippen molar-refractivity contribution < 1.29 is 19.5 Å². The first-order chi connectivity index (χ1) is 8.16. The maximum absolute atomic E-state index is 10.8. The molecule has 5 nitrogen and oxygen atoms in total. The number of carbonyl (C=O) groups is 1. The van der Waals surface area contributed by atoms with E-state index >= 15 is 0 Å². The van der Waals surface area contributed by atoms with E-state index in [9.17, 15) is 9.90 Å². The molecule has 88 valence electrons. The number of phenolic OH excluding ortho intramolecular Hbond substituents is 1. The number of phenols is 1. The van der Waals surface area contributed by atoms with E-state index in [2.05, 4.69) is 5.16 Å². The largest absolute Gasteiger partial charge is 0.508 e. The average Bonchev–Trinajstić information content (AvgIpc) is 2.79. The fourth-order valence-electron chi connectivity index (χ4n) is 1.71. The summed E-state index contributed by atoms with van der Waals surface area (Å²) in [5.74, 6) is -1.25. The highest BCUT2D eigenvalue weighted by molar-refractivity contribution is 5.68. The molecule has 0 spiro atoms. The van der Waals surface area contributed by atoms with Crippen molar-refractivity contribution in [1.82, 2.24) is 5.16 Å². The molecule has 0 saturated heterocycles. The van der Waals surface area contributed by atoms with Gasteiger partial charge in [-0.05, 0) is 17.7 Å². The quantitative estimate of drug-likeness (QED) is 0.843. The molecule has 0 aliphatic heterocycles.